The van der Waals surface area contributed by atoms with Gasteiger partial charge in [0.25, 0.3) is 5.91 Å². The third-order valence-electron chi connectivity index (χ3n) is 4.59. The molecule has 3 heterocycles. The maximum Gasteiger partial charge on any atom is 0.255 e. The van der Waals surface area contributed by atoms with Gasteiger partial charge in [-0.2, -0.15) is 5.10 Å². The average molecular weight is 383 g/mol. The average Bonchev–Trinajstić information content (AvgIpc) is 3.14. The molecule has 8 heteroatoms. The van der Waals surface area contributed by atoms with Crippen LogP contribution in [0.15, 0.2) is 48.7 Å². The minimum Gasteiger partial charge on any atom is -0.352 e. The molecule has 0 aliphatic carbocycles. The van der Waals surface area contributed by atoms with Crippen LogP contribution in [-0.4, -0.2) is 57.0 Å². The van der Waals surface area contributed by atoms with Crippen molar-refractivity contribution in [1.82, 2.24) is 24.9 Å². The smallest absolute Gasteiger partial charge is 0.255 e. The molecule has 2 aromatic heterocycles. The lowest BCUT2D eigenvalue weighted by molar-refractivity contribution is 0.0746. The normalized spacial score (nSPS) is 14.4. The van der Waals surface area contributed by atoms with Gasteiger partial charge in [-0.15, -0.1) is 10.2 Å². The SMILES string of the molecule is Cc1ccn(-c2ccc(N3CCN(C(=O)c4ccccc4Cl)CC3)nn2)n1. The number of amides is 1. The van der Waals surface area contributed by atoms with Gasteiger partial charge >= 0.3 is 0 Å². The molecule has 1 aromatic carbocycles. The topological polar surface area (TPSA) is 67.2 Å². The highest BCUT2D eigenvalue weighted by Crippen LogP contribution is 2.19. The van der Waals surface area contributed by atoms with Crippen molar-refractivity contribution in [3.05, 3.63) is 64.9 Å². The summed E-state index contributed by atoms with van der Waals surface area (Å²) in [4.78, 5) is 16.6. The summed E-state index contributed by atoms with van der Waals surface area (Å²) in [7, 11) is 0. The molecule has 4 rings (SSSR count). The summed E-state index contributed by atoms with van der Waals surface area (Å²) in [6, 6.07) is 12.9. The van der Waals surface area contributed by atoms with Crippen LogP contribution in [-0.2, 0) is 0 Å². The molecule has 3 aromatic rings. The first kappa shape index (κ1) is 17.5. The Kier molecular flexibility index (Phi) is 4.77. The number of carbonyl (C=O) groups excluding carboxylic acids is 1. The number of rotatable bonds is 3. The summed E-state index contributed by atoms with van der Waals surface area (Å²) in [5, 5.41) is 13.4. The molecule has 0 unspecified atom stereocenters. The van der Waals surface area contributed by atoms with Gasteiger partial charge in [0.2, 0.25) is 0 Å². The summed E-state index contributed by atoms with van der Waals surface area (Å²) in [6.07, 6.45) is 1.86. The fourth-order valence-electron chi connectivity index (χ4n) is 3.10. The molecule has 1 amide bonds. The van der Waals surface area contributed by atoms with E-state index < -0.39 is 0 Å². The van der Waals surface area contributed by atoms with E-state index in [9.17, 15) is 4.79 Å². The first-order chi connectivity index (χ1) is 13.1. The van der Waals surface area contributed by atoms with Gasteiger partial charge in [-0.25, -0.2) is 4.68 Å². The number of anilines is 1. The van der Waals surface area contributed by atoms with Crippen LogP contribution in [0.4, 0.5) is 5.82 Å². The minimum absolute atomic E-state index is 0.0317. The van der Waals surface area contributed by atoms with Gasteiger partial charge in [0, 0.05) is 32.4 Å². The predicted octanol–water partition coefficient (Wildman–Crippen LogP) is 2.59. The molecule has 1 fully saturated rings. The van der Waals surface area contributed by atoms with Crippen LogP contribution in [0.3, 0.4) is 0 Å². The van der Waals surface area contributed by atoms with E-state index in [1.165, 1.54) is 0 Å². The van der Waals surface area contributed by atoms with Crippen LogP contribution in [0.25, 0.3) is 5.82 Å². The fourth-order valence-corrected chi connectivity index (χ4v) is 3.31. The number of carbonyl (C=O) groups is 1. The Morgan fingerprint density at radius 3 is 2.30 bits per heavy atom. The lowest BCUT2D eigenvalue weighted by Crippen LogP contribution is -2.49. The third-order valence-corrected chi connectivity index (χ3v) is 4.92. The summed E-state index contributed by atoms with van der Waals surface area (Å²) in [5.74, 6) is 1.45. The van der Waals surface area contributed by atoms with Crippen molar-refractivity contribution in [2.75, 3.05) is 31.1 Å². The zero-order valence-corrected chi connectivity index (χ0v) is 15.7. The summed E-state index contributed by atoms with van der Waals surface area (Å²) in [5.41, 5.74) is 1.48. The molecule has 0 saturated carbocycles. The van der Waals surface area contributed by atoms with Crippen molar-refractivity contribution < 1.29 is 4.79 Å². The molecule has 1 saturated heterocycles. The lowest BCUT2D eigenvalue weighted by atomic mass is 10.2. The summed E-state index contributed by atoms with van der Waals surface area (Å²) in [6.45, 7) is 4.57. The fraction of sp³-hybridized carbons (Fsp3) is 0.263. The molecule has 0 N–H and O–H groups in total. The quantitative estimate of drug-likeness (QED) is 0.696. The highest BCUT2D eigenvalue weighted by Gasteiger charge is 2.24. The minimum atomic E-state index is -0.0317. The van der Waals surface area contributed by atoms with Crippen LogP contribution >= 0.6 is 11.6 Å². The number of halogens is 1. The molecule has 0 atom stereocenters. The van der Waals surface area contributed by atoms with E-state index in [0.717, 1.165) is 11.5 Å². The lowest BCUT2D eigenvalue weighted by Gasteiger charge is -2.35. The first-order valence-electron chi connectivity index (χ1n) is 8.77. The van der Waals surface area contributed by atoms with Crippen LogP contribution in [0.5, 0.6) is 0 Å². The van der Waals surface area contributed by atoms with Gasteiger partial charge in [0.15, 0.2) is 11.6 Å². The third kappa shape index (κ3) is 3.64. The van der Waals surface area contributed by atoms with E-state index >= 15 is 0 Å². The number of nitrogens with zero attached hydrogens (tertiary/aromatic N) is 6. The van der Waals surface area contributed by atoms with Crippen molar-refractivity contribution in [2.24, 2.45) is 0 Å². The van der Waals surface area contributed by atoms with Crippen molar-refractivity contribution >= 4 is 23.3 Å². The van der Waals surface area contributed by atoms with Gasteiger partial charge in [-0.1, -0.05) is 23.7 Å². The molecule has 0 radical (unpaired) electrons. The van der Waals surface area contributed by atoms with E-state index in [1.54, 1.807) is 16.8 Å². The molecule has 1 aliphatic heterocycles. The van der Waals surface area contributed by atoms with Crippen molar-refractivity contribution in [1.29, 1.82) is 0 Å². The number of benzene rings is 1. The van der Waals surface area contributed by atoms with Crippen LogP contribution < -0.4 is 4.90 Å². The van der Waals surface area contributed by atoms with Crippen molar-refractivity contribution in [3.63, 3.8) is 0 Å². The van der Waals surface area contributed by atoms with Gasteiger partial charge in [-0.05, 0) is 37.3 Å². The predicted molar refractivity (Wildman–Crippen MR) is 103 cm³/mol. The Morgan fingerprint density at radius 2 is 1.67 bits per heavy atom. The van der Waals surface area contributed by atoms with Gasteiger partial charge < -0.3 is 9.80 Å². The highest BCUT2D eigenvalue weighted by molar-refractivity contribution is 6.33. The monoisotopic (exact) mass is 382 g/mol. The molecule has 0 spiro atoms. The Bertz CT molecular complexity index is 947. The molecule has 1 aliphatic rings. The Morgan fingerprint density at radius 1 is 0.963 bits per heavy atom. The van der Waals surface area contributed by atoms with Gasteiger partial charge in [0.05, 0.1) is 16.3 Å². The largest absolute Gasteiger partial charge is 0.352 e. The van der Waals surface area contributed by atoms with Gasteiger partial charge in [-0.3, -0.25) is 4.79 Å². The van der Waals surface area contributed by atoms with E-state index in [2.05, 4.69) is 20.2 Å². The second kappa shape index (κ2) is 7.36. The molecular weight excluding hydrogens is 364 g/mol. The first-order valence-corrected chi connectivity index (χ1v) is 9.15. The zero-order valence-electron chi connectivity index (χ0n) is 14.9. The molecule has 138 valence electrons. The number of piperazine rings is 1. The number of hydrogen-bond donors (Lipinski definition) is 0. The Balaban J connectivity index is 1.40. The summed E-state index contributed by atoms with van der Waals surface area (Å²) >= 11 is 6.15. The van der Waals surface area contributed by atoms with E-state index in [1.807, 2.05) is 48.4 Å². The highest BCUT2D eigenvalue weighted by atomic mass is 35.5. The second-order valence-electron chi connectivity index (χ2n) is 6.41. The van der Waals surface area contributed by atoms with Crippen molar-refractivity contribution in [2.45, 2.75) is 6.92 Å². The standard InChI is InChI=1S/C19H19ClN6O/c1-14-8-9-26(23-14)18-7-6-17(21-22-18)24-10-12-25(13-11-24)19(27)15-4-2-3-5-16(15)20/h2-9H,10-13H2,1H3. The van der Waals surface area contributed by atoms with E-state index in [0.29, 0.717) is 42.6 Å². The number of aromatic nitrogens is 4. The number of hydrogen-bond acceptors (Lipinski definition) is 5. The van der Waals surface area contributed by atoms with Crippen molar-refractivity contribution in [3.8, 4) is 5.82 Å². The Labute approximate surface area is 162 Å². The summed E-state index contributed by atoms with van der Waals surface area (Å²) < 4.78 is 1.70. The van der Waals surface area contributed by atoms with Crippen LogP contribution in [0, 0.1) is 6.92 Å². The molecule has 27 heavy (non-hydrogen) atoms. The van der Waals surface area contributed by atoms with Gasteiger partial charge in [0.1, 0.15) is 0 Å². The van der Waals surface area contributed by atoms with E-state index in [4.69, 9.17) is 11.6 Å². The number of aryl methyl sites for hydroxylation is 1. The Hall–Kier alpha value is -2.93. The van der Waals surface area contributed by atoms with E-state index in [-0.39, 0.29) is 5.91 Å². The zero-order chi connectivity index (χ0) is 18.8. The molecule has 7 nitrogen and oxygen atoms in total. The van der Waals surface area contributed by atoms with Crippen LogP contribution in [0.2, 0.25) is 5.02 Å². The maximum absolute atomic E-state index is 12.7. The molecule has 0 bridgehead atoms. The molecular formula is C19H19ClN6O. The maximum atomic E-state index is 12.7. The van der Waals surface area contributed by atoms with Crippen LogP contribution in [0.1, 0.15) is 16.1 Å². The second-order valence-corrected chi connectivity index (χ2v) is 6.82.